The SMILES string of the molecule is CCOC(=O)C(C(F)F)C(F)(F)F. The van der Waals surface area contributed by atoms with Gasteiger partial charge in [-0.25, -0.2) is 8.78 Å². The Kier molecular flexibility index (Phi) is 4.09. The first-order valence-electron chi connectivity index (χ1n) is 3.32. The molecule has 1 atom stereocenters. The molecule has 0 aliphatic heterocycles. The molecule has 1 unspecified atom stereocenters. The van der Waals surface area contributed by atoms with Crippen LogP contribution < -0.4 is 0 Å². The van der Waals surface area contributed by atoms with E-state index in [0.717, 1.165) is 0 Å². The summed E-state index contributed by atoms with van der Waals surface area (Å²) in [6, 6.07) is 0. The van der Waals surface area contributed by atoms with Crippen LogP contribution in [-0.2, 0) is 9.53 Å². The van der Waals surface area contributed by atoms with Crippen molar-refractivity contribution in [3.8, 4) is 0 Å². The summed E-state index contributed by atoms with van der Waals surface area (Å²) in [5, 5.41) is 0. The van der Waals surface area contributed by atoms with Crippen LogP contribution in [0.1, 0.15) is 6.92 Å². The molecule has 0 saturated heterocycles. The first kappa shape index (κ1) is 12.1. The van der Waals surface area contributed by atoms with E-state index in [-0.39, 0.29) is 6.61 Å². The van der Waals surface area contributed by atoms with Gasteiger partial charge in [0.25, 0.3) is 6.43 Å². The average Bonchev–Trinajstić information content (AvgIpc) is 1.82. The molecule has 0 aromatic rings. The van der Waals surface area contributed by atoms with Crippen molar-refractivity contribution in [3.05, 3.63) is 0 Å². The number of alkyl halides is 5. The Labute approximate surface area is 70.7 Å². The van der Waals surface area contributed by atoms with Crippen LogP contribution in [-0.4, -0.2) is 25.2 Å². The van der Waals surface area contributed by atoms with Crippen LogP contribution in [0.2, 0.25) is 0 Å². The number of carbonyl (C=O) groups excluding carboxylic acids is 1. The molecule has 0 amide bonds. The Morgan fingerprint density at radius 1 is 1.38 bits per heavy atom. The molecule has 0 fully saturated rings. The average molecular weight is 206 g/mol. The van der Waals surface area contributed by atoms with Gasteiger partial charge < -0.3 is 4.74 Å². The molecule has 78 valence electrons. The zero-order valence-corrected chi connectivity index (χ0v) is 6.57. The molecular weight excluding hydrogens is 199 g/mol. The lowest BCUT2D eigenvalue weighted by Gasteiger charge is -2.17. The van der Waals surface area contributed by atoms with Crippen LogP contribution >= 0.6 is 0 Å². The fourth-order valence-corrected chi connectivity index (χ4v) is 0.611. The summed E-state index contributed by atoms with van der Waals surface area (Å²) >= 11 is 0. The van der Waals surface area contributed by atoms with Crippen LogP contribution in [0.25, 0.3) is 0 Å². The number of carbonyl (C=O) groups is 1. The lowest BCUT2D eigenvalue weighted by atomic mass is 10.1. The second-order valence-corrected chi connectivity index (χ2v) is 2.11. The van der Waals surface area contributed by atoms with E-state index >= 15 is 0 Å². The Morgan fingerprint density at radius 3 is 2.08 bits per heavy atom. The number of ether oxygens (including phenoxy) is 1. The Balaban J connectivity index is 4.52. The largest absolute Gasteiger partial charge is 0.465 e. The highest BCUT2D eigenvalue weighted by atomic mass is 19.4. The summed E-state index contributed by atoms with van der Waals surface area (Å²) in [4.78, 5) is 10.4. The molecule has 0 aliphatic carbocycles. The van der Waals surface area contributed by atoms with Gasteiger partial charge in [-0.15, -0.1) is 0 Å². The monoisotopic (exact) mass is 206 g/mol. The van der Waals surface area contributed by atoms with Crippen molar-refractivity contribution in [2.45, 2.75) is 19.5 Å². The van der Waals surface area contributed by atoms with Crippen molar-refractivity contribution in [2.24, 2.45) is 5.92 Å². The molecule has 7 heteroatoms. The molecule has 0 bridgehead atoms. The lowest BCUT2D eigenvalue weighted by Crippen LogP contribution is -2.37. The molecule has 0 saturated carbocycles. The Morgan fingerprint density at radius 2 is 1.85 bits per heavy atom. The van der Waals surface area contributed by atoms with Gasteiger partial charge in [0, 0.05) is 0 Å². The van der Waals surface area contributed by atoms with Crippen LogP contribution in [0.4, 0.5) is 22.0 Å². The van der Waals surface area contributed by atoms with Crippen LogP contribution in [0, 0.1) is 5.92 Å². The second kappa shape index (κ2) is 4.38. The minimum atomic E-state index is -5.26. The van der Waals surface area contributed by atoms with Gasteiger partial charge in [-0.05, 0) is 6.92 Å². The molecule has 0 aromatic heterocycles. The summed E-state index contributed by atoms with van der Waals surface area (Å²) in [7, 11) is 0. The van der Waals surface area contributed by atoms with E-state index in [2.05, 4.69) is 4.74 Å². The predicted molar refractivity (Wildman–Crippen MR) is 32.2 cm³/mol. The second-order valence-electron chi connectivity index (χ2n) is 2.11. The summed E-state index contributed by atoms with van der Waals surface area (Å²) in [6.07, 6.45) is -9.06. The predicted octanol–water partition coefficient (Wildman–Crippen LogP) is 1.99. The van der Waals surface area contributed by atoms with Crippen LogP contribution in [0.5, 0.6) is 0 Å². The zero-order chi connectivity index (χ0) is 10.6. The summed E-state index contributed by atoms with van der Waals surface area (Å²) in [5.74, 6) is -5.28. The third kappa shape index (κ3) is 3.56. The summed E-state index contributed by atoms with van der Waals surface area (Å²) in [6.45, 7) is 0.870. The van der Waals surface area contributed by atoms with Gasteiger partial charge in [-0.3, -0.25) is 4.79 Å². The van der Waals surface area contributed by atoms with E-state index in [1.807, 2.05) is 0 Å². The third-order valence-corrected chi connectivity index (χ3v) is 1.15. The van der Waals surface area contributed by atoms with Crippen molar-refractivity contribution < 1.29 is 31.5 Å². The van der Waals surface area contributed by atoms with E-state index in [1.165, 1.54) is 6.92 Å². The molecule has 0 heterocycles. The normalized spacial score (nSPS) is 14.4. The standard InChI is InChI=1S/C6H7F5O2/c1-2-13-5(12)3(4(7)8)6(9,10)11/h3-4H,2H2,1H3. The molecule has 0 radical (unpaired) electrons. The molecule has 2 nitrogen and oxygen atoms in total. The van der Waals surface area contributed by atoms with E-state index in [1.54, 1.807) is 0 Å². The highest BCUT2D eigenvalue weighted by molar-refractivity contribution is 5.73. The molecule has 13 heavy (non-hydrogen) atoms. The third-order valence-electron chi connectivity index (χ3n) is 1.15. The smallest absolute Gasteiger partial charge is 0.407 e. The van der Waals surface area contributed by atoms with Gasteiger partial charge in [0.15, 0.2) is 0 Å². The molecule has 0 N–H and O–H groups in total. The van der Waals surface area contributed by atoms with E-state index in [9.17, 15) is 26.7 Å². The fraction of sp³-hybridized carbons (Fsp3) is 0.833. The number of esters is 1. The van der Waals surface area contributed by atoms with E-state index < -0.39 is 24.5 Å². The minimum absolute atomic E-state index is 0.363. The highest BCUT2D eigenvalue weighted by Crippen LogP contribution is 2.31. The van der Waals surface area contributed by atoms with Crippen molar-refractivity contribution in [3.63, 3.8) is 0 Å². The molecular formula is C6H7F5O2. The quantitative estimate of drug-likeness (QED) is 0.521. The Hall–Kier alpha value is -0.880. The maximum atomic E-state index is 11.8. The maximum Gasteiger partial charge on any atom is 0.407 e. The van der Waals surface area contributed by atoms with Gasteiger partial charge in [0.05, 0.1) is 6.61 Å². The van der Waals surface area contributed by atoms with Gasteiger partial charge in [-0.1, -0.05) is 0 Å². The molecule has 0 rings (SSSR count). The Bertz CT molecular complexity index is 176. The van der Waals surface area contributed by atoms with E-state index in [4.69, 9.17) is 0 Å². The highest BCUT2D eigenvalue weighted by Gasteiger charge is 2.52. The summed E-state index contributed by atoms with van der Waals surface area (Å²) < 4.78 is 62.6. The number of hydrogen-bond acceptors (Lipinski definition) is 2. The van der Waals surface area contributed by atoms with Gasteiger partial charge in [0.1, 0.15) is 0 Å². The summed E-state index contributed by atoms with van der Waals surface area (Å²) in [5.41, 5.74) is 0. The molecule has 0 spiro atoms. The fourth-order valence-electron chi connectivity index (χ4n) is 0.611. The first-order chi connectivity index (χ1) is 5.80. The van der Waals surface area contributed by atoms with Gasteiger partial charge >= 0.3 is 12.1 Å². The topological polar surface area (TPSA) is 26.3 Å². The van der Waals surface area contributed by atoms with E-state index in [0.29, 0.717) is 0 Å². The number of hydrogen-bond donors (Lipinski definition) is 0. The van der Waals surface area contributed by atoms with Crippen molar-refractivity contribution in [1.82, 2.24) is 0 Å². The molecule has 0 aliphatic rings. The van der Waals surface area contributed by atoms with Crippen molar-refractivity contribution >= 4 is 5.97 Å². The molecule has 0 aromatic carbocycles. The maximum absolute atomic E-state index is 11.8. The minimum Gasteiger partial charge on any atom is -0.465 e. The number of halogens is 5. The van der Waals surface area contributed by atoms with Gasteiger partial charge in [-0.2, -0.15) is 13.2 Å². The van der Waals surface area contributed by atoms with Crippen LogP contribution in [0.3, 0.4) is 0 Å². The van der Waals surface area contributed by atoms with Crippen molar-refractivity contribution in [2.75, 3.05) is 6.61 Å². The lowest BCUT2D eigenvalue weighted by molar-refractivity contribution is -0.219. The first-order valence-corrected chi connectivity index (χ1v) is 3.32. The van der Waals surface area contributed by atoms with Crippen molar-refractivity contribution in [1.29, 1.82) is 0 Å². The van der Waals surface area contributed by atoms with Crippen LogP contribution in [0.15, 0.2) is 0 Å². The number of rotatable bonds is 3. The van der Waals surface area contributed by atoms with Gasteiger partial charge in [0.2, 0.25) is 5.92 Å². The zero-order valence-electron chi connectivity index (χ0n) is 6.57.